The Hall–Kier alpha value is -1.87. The van der Waals surface area contributed by atoms with Crippen molar-refractivity contribution in [2.24, 2.45) is 0 Å². The van der Waals surface area contributed by atoms with Gasteiger partial charge in [0.05, 0.1) is 5.69 Å². The third-order valence-electron chi connectivity index (χ3n) is 3.01. The van der Waals surface area contributed by atoms with Crippen LogP contribution < -0.4 is 0 Å². The van der Waals surface area contributed by atoms with E-state index < -0.39 is 0 Å². The molecule has 0 aliphatic rings. The number of hydrogen-bond donors (Lipinski definition) is 0. The molecule has 90 valence electrons. The van der Waals surface area contributed by atoms with E-state index in [0.29, 0.717) is 5.28 Å². The summed E-state index contributed by atoms with van der Waals surface area (Å²) in [5.74, 6) is 0.872. The van der Waals surface area contributed by atoms with Gasteiger partial charge in [-0.2, -0.15) is 0 Å². The van der Waals surface area contributed by atoms with Gasteiger partial charge in [0.25, 0.3) is 0 Å². The Bertz CT molecular complexity index is 698. The molecule has 2 aromatic carbocycles. The zero-order valence-electron chi connectivity index (χ0n) is 9.97. The van der Waals surface area contributed by atoms with Gasteiger partial charge in [-0.15, -0.1) is 10.2 Å². The molecule has 0 unspecified atom stereocenters. The minimum Gasteiger partial charge on any atom is -0.269 e. The number of rotatable bonds is 2. The molecule has 0 saturated carbocycles. The van der Waals surface area contributed by atoms with Crippen LogP contribution in [0.4, 0.5) is 0 Å². The van der Waals surface area contributed by atoms with Gasteiger partial charge >= 0.3 is 0 Å². The molecule has 3 nitrogen and oxygen atoms in total. The minimum atomic E-state index is 0.406. The van der Waals surface area contributed by atoms with E-state index in [1.165, 1.54) is 5.39 Å². The normalized spacial score (nSPS) is 11.0. The van der Waals surface area contributed by atoms with Crippen molar-refractivity contribution >= 4 is 22.4 Å². The molecule has 0 aliphatic carbocycles. The summed E-state index contributed by atoms with van der Waals surface area (Å²) in [7, 11) is 0. The lowest BCUT2D eigenvalue weighted by Crippen LogP contribution is -2.01. The van der Waals surface area contributed by atoms with Crippen LogP contribution in [0.25, 0.3) is 16.5 Å². The highest BCUT2D eigenvalue weighted by atomic mass is 35.5. The van der Waals surface area contributed by atoms with E-state index in [1.54, 1.807) is 0 Å². The highest BCUT2D eigenvalue weighted by Crippen LogP contribution is 2.25. The summed E-state index contributed by atoms with van der Waals surface area (Å²) < 4.78 is 1.91. The standard InChI is InChI=1S/C14H12ClN3/c1-2-13-16-17-14(15)18(13)12-9-5-7-10-6-3-4-8-11(10)12/h3-9H,2H2,1H3. The van der Waals surface area contributed by atoms with Crippen LogP contribution in [0.3, 0.4) is 0 Å². The molecule has 4 heteroatoms. The van der Waals surface area contributed by atoms with Gasteiger partial charge in [-0.05, 0) is 23.1 Å². The Morgan fingerprint density at radius 2 is 1.83 bits per heavy atom. The predicted molar refractivity (Wildman–Crippen MR) is 73.3 cm³/mol. The van der Waals surface area contributed by atoms with Gasteiger partial charge in [0.15, 0.2) is 0 Å². The molecule has 0 saturated heterocycles. The summed E-state index contributed by atoms with van der Waals surface area (Å²) in [6, 6.07) is 14.4. The molecule has 1 heterocycles. The second-order valence-electron chi connectivity index (χ2n) is 4.07. The maximum atomic E-state index is 6.15. The lowest BCUT2D eigenvalue weighted by Gasteiger charge is -2.10. The molecule has 0 N–H and O–H groups in total. The fraction of sp³-hybridized carbons (Fsp3) is 0.143. The van der Waals surface area contributed by atoms with Crippen molar-refractivity contribution < 1.29 is 0 Å². The van der Waals surface area contributed by atoms with Gasteiger partial charge < -0.3 is 0 Å². The van der Waals surface area contributed by atoms with Crippen LogP contribution in [0.5, 0.6) is 0 Å². The van der Waals surface area contributed by atoms with Crippen molar-refractivity contribution in [1.29, 1.82) is 0 Å². The van der Waals surface area contributed by atoms with Gasteiger partial charge in [-0.25, -0.2) is 0 Å². The zero-order chi connectivity index (χ0) is 12.5. The molecule has 3 aromatic rings. The average Bonchev–Trinajstić information content (AvgIpc) is 2.79. The molecule has 0 bridgehead atoms. The van der Waals surface area contributed by atoms with E-state index >= 15 is 0 Å². The molecule has 0 spiro atoms. The maximum Gasteiger partial charge on any atom is 0.229 e. The third-order valence-corrected chi connectivity index (χ3v) is 3.26. The quantitative estimate of drug-likeness (QED) is 0.702. The molecular formula is C14H12ClN3. The van der Waals surface area contributed by atoms with E-state index in [9.17, 15) is 0 Å². The predicted octanol–water partition coefficient (Wildman–Crippen LogP) is 3.64. The molecule has 0 radical (unpaired) electrons. The van der Waals surface area contributed by atoms with E-state index in [2.05, 4.69) is 28.4 Å². The smallest absolute Gasteiger partial charge is 0.229 e. The van der Waals surface area contributed by atoms with Crippen molar-refractivity contribution in [1.82, 2.24) is 14.8 Å². The monoisotopic (exact) mass is 257 g/mol. The lowest BCUT2D eigenvalue weighted by molar-refractivity contribution is 0.887. The largest absolute Gasteiger partial charge is 0.269 e. The van der Waals surface area contributed by atoms with Crippen LogP contribution in [0.15, 0.2) is 42.5 Å². The molecule has 18 heavy (non-hydrogen) atoms. The molecule has 1 aromatic heterocycles. The Morgan fingerprint density at radius 1 is 1.06 bits per heavy atom. The first-order valence-electron chi connectivity index (χ1n) is 5.89. The van der Waals surface area contributed by atoms with E-state index in [1.807, 2.05) is 35.8 Å². The topological polar surface area (TPSA) is 30.7 Å². The zero-order valence-corrected chi connectivity index (χ0v) is 10.7. The molecule has 0 atom stereocenters. The van der Waals surface area contributed by atoms with Crippen LogP contribution >= 0.6 is 11.6 Å². The summed E-state index contributed by atoms with van der Waals surface area (Å²) >= 11 is 6.15. The Balaban J connectivity index is 2.35. The van der Waals surface area contributed by atoms with Crippen molar-refractivity contribution in [3.63, 3.8) is 0 Å². The number of hydrogen-bond acceptors (Lipinski definition) is 2. The first kappa shape index (κ1) is 11.2. The molecule has 0 aliphatic heterocycles. The number of benzene rings is 2. The van der Waals surface area contributed by atoms with Gasteiger partial charge in [0.1, 0.15) is 5.82 Å². The first-order valence-corrected chi connectivity index (χ1v) is 6.27. The summed E-state index contributed by atoms with van der Waals surface area (Å²) in [4.78, 5) is 0. The number of halogens is 1. The number of aryl methyl sites for hydroxylation is 1. The Kier molecular flexibility index (Phi) is 2.76. The highest BCUT2D eigenvalue weighted by Gasteiger charge is 2.12. The summed E-state index contributed by atoms with van der Waals surface area (Å²) in [6.45, 7) is 2.04. The van der Waals surface area contributed by atoms with Crippen LogP contribution in [-0.2, 0) is 6.42 Å². The molecule has 3 rings (SSSR count). The summed E-state index contributed by atoms with van der Waals surface area (Å²) in [6.07, 6.45) is 0.795. The lowest BCUT2D eigenvalue weighted by atomic mass is 10.1. The van der Waals surface area contributed by atoms with Crippen LogP contribution in [0.1, 0.15) is 12.7 Å². The van der Waals surface area contributed by atoms with Crippen LogP contribution in [0.2, 0.25) is 5.28 Å². The van der Waals surface area contributed by atoms with Gasteiger partial charge in [-0.1, -0.05) is 43.3 Å². The average molecular weight is 258 g/mol. The Morgan fingerprint density at radius 3 is 2.67 bits per heavy atom. The number of fused-ring (bicyclic) bond motifs is 1. The number of aromatic nitrogens is 3. The van der Waals surface area contributed by atoms with Gasteiger partial charge in [0.2, 0.25) is 5.28 Å². The Labute approximate surface area is 110 Å². The number of nitrogens with zero attached hydrogens (tertiary/aromatic N) is 3. The van der Waals surface area contributed by atoms with Gasteiger partial charge in [0, 0.05) is 11.8 Å². The first-order chi connectivity index (χ1) is 8.81. The molecular weight excluding hydrogens is 246 g/mol. The molecule has 0 fully saturated rings. The van der Waals surface area contributed by atoms with Crippen molar-refractivity contribution in [2.75, 3.05) is 0 Å². The maximum absolute atomic E-state index is 6.15. The van der Waals surface area contributed by atoms with Crippen LogP contribution in [0, 0.1) is 0 Å². The fourth-order valence-corrected chi connectivity index (χ4v) is 2.39. The highest BCUT2D eigenvalue weighted by molar-refractivity contribution is 6.28. The third kappa shape index (κ3) is 1.68. The van der Waals surface area contributed by atoms with Gasteiger partial charge in [-0.3, -0.25) is 4.57 Å². The summed E-state index contributed by atoms with van der Waals surface area (Å²) in [5.41, 5.74) is 1.03. The second-order valence-corrected chi connectivity index (χ2v) is 4.41. The van der Waals surface area contributed by atoms with Crippen molar-refractivity contribution in [3.05, 3.63) is 53.6 Å². The van der Waals surface area contributed by atoms with E-state index in [0.717, 1.165) is 23.3 Å². The SMILES string of the molecule is CCc1nnc(Cl)n1-c1cccc2ccccc12. The minimum absolute atomic E-state index is 0.406. The van der Waals surface area contributed by atoms with Crippen molar-refractivity contribution in [3.8, 4) is 5.69 Å². The second kappa shape index (κ2) is 4.42. The molecule has 0 amide bonds. The van der Waals surface area contributed by atoms with E-state index in [4.69, 9.17) is 11.6 Å². The summed E-state index contributed by atoms with van der Waals surface area (Å²) in [5, 5.41) is 10.8. The fourth-order valence-electron chi connectivity index (χ4n) is 2.17. The van der Waals surface area contributed by atoms with Crippen LogP contribution in [-0.4, -0.2) is 14.8 Å². The van der Waals surface area contributed by atoms with Crippen molar-refractivity contribution in [2.45, 2.75) is 13.3 Å². The van der Waals surface area contributed by atoms with E-state index in [-0.39, 0.29) is 0 Å².